The average Bonchev–Trinajstić information content (AvgIpc) is 3.10. The highest BCUT2D eigenvalue weighted by Gasteiger charge is 2.17. The zero-order chi connectivity index (χ0) is 21.2. The number of amides is 1. The number of benzene rings is 2. The van der Waals surface area contributed by atoms with Gasteiger partial charge in [0.25, 0.3) is 5.89 Å². The molecule has 0 radical (unpaired) electrons. The van der Waals surface area contributed by atoms with Crippen molar-refractivity contribution in [2.45, 2.75) is 4.90 Å². The molecule has 3 aromatic rings. The highest BCUT2D eigenvalue weighted by atomic mass is 35.5. The number of carbonyl (C=O) groups is 1. The molecule has 9 heteroatoms. The number of hydroxylamine groups is 2. The number of hydrogen-bond acceptors (Lipinski definition) is 6. The number of hydrogen-bond donors (Lipinski definition) is 1. The summed E-state index contributed by atoms with van der Waals surface area (Å²) in [5, 5.41) is 9.99. The fraction of sp³-hybridized carbons (Fsp3) is 0.100. The Morgan fingerprint density at radius 3 is 2.24 bits per heavy atom. The molecular formula is C20H15ClN2O5S. The topological polar surface area (TPSA) is 101 Å². The molecule has 0 atom stereocenters. The normalized spacial score (nSPS) is 10.9. The fourth-order valence-electron chi connectivity index (χ4n) is 2.41. The standard InChI is InChI=1S/C20H15ClN2O5S/c1-23(25)18(24)12-11-17-22-19(13-5-9-16(10-6-13)29(2,26)27)20(28-17)14-3-7-15(21)8-4-14/h3-10,25H,1-2H3. The monoisotopic (exact) mass is 430 g/mol. The lowest BCUT2D eigenvalue weighted by atomic mass is 10.1. The van der Waals surface area contributed by atoms with Gasteiger partial charge in [0.1, 0.15) is 5.69 Å². The molecule has 0 aliphatic rings. The van der Waals surface area contributed by atoms with Crippen molar-refractivity contribution in [3.8, 4) is 34.4 Å². The summed E-state index contributed by atoms with van der Waals surface area (Å²) in [5.41, 5.74) is 1.69. The summed E-state index contributed by atoms with van der Waals surface area (Å²) in [4.78, 5) is 16.0. The first-order valence-electron chi connectivity index (χ1n) is 8.21. The predicted molar refractivity (Wildman–Crippen MR) is 107 cm³/mol. The number of rotatable bonds is 3. The van der Waals surface area contributed by atoms with Crippen LogP contribution in [-0.4, -0.2) is 42.9 Å². The average molecular weight is 431 g/mol. The van der Waals surface area contributed by atoms with E-state index in [-0.39, 0.29) is 10.8 Å². The Bertz CT molecular complexity index is 1220. The van der Waals surface area contributed by atoms with Crippen molar-refractivity contribution in [1.29, 1.82) is 0 Å². The van der Waals surface area contributed by atoms with E-state index in [2.05, 4.69) is 16.8 Å². The number of nitrogens with zero attached hydrogens (tertiary/aromatic N) is 2. The lowest BCUT2D eigenvalue weighted by Gasteiger charge is -2.03. The maximum absolute atomic E-state index is 11.7. The minimum atomic E-state index is -3.34. The molecular weight excluding hydrogens is 416 g/mol. The summed E-state index contributed by atoms with van der Waals surface area (Å²) < 4.78 is 29.1. The third-order valence-corrected chi connectivity index (χ3v) is 5.24. The molecule has 7 nitrogen and oxygen atoms in total. The van der Waals surface area contributed by atoms with Crippen LogP contribution in [0, 0.1) is 11.8 Å². The fourth-order valence-corrected chi connectivity index (χ4v) is 3.17. The SMILES string of the molecule is CN(O)C(=O)C#Cc1nc(-c2ccc(S(C)(=O)=O)cc2)c(-c2ccc(Cl)cc2)o1. The molecule has 0 aliphatic carbocycles. The van der Waals surface area contributed by atoms with Gasteiger partial charge in [0.2, 0.25) is 0 Å². The molecule has 1 aromatic heterocycles. The molecule has 0 fully saturated rings. The maximum atomic E-state index is 11.7. The first-order chi connectivity index (χ1) is 13.6. The van der Waals surface area contributed by atoms with Gasteiger partial charge in [-0.05, 0) is 36.4 Å². The van der Waals surface area contributed by atoms with Crippen LogP contribution in [0.25, 0.3) is 22.6 Å². The number of oxazole rings is 1. The van der Waals surface area contributed by atoms with Crippen molar-refractivity contribution in [2.24, 2.45) is 0 Å². The first kappa shape index (κ1) is 20.6. The van der Waals surface area contributed by atoms with Crippen LogP contribution in [0.1, 0.15) is 5.89 Å². The van der Waals surface area contributed by atoms with Gasteiger partial charge in [0.15, 0.2) is 15.6 Å². The maximum Gasteiger partial charge on any atom is 0.322 e. The van der Waals surface area contributed by atoms with E-state index in [9.17, 15) is 13.2 Å². The van der Waals surface area contributed by atoms with Crippen LogP contribution in [0.15, 0.2) is 57.8 Å². The third kappa shape index (κ3) is 4.84. The lowest BCUT2D eigenvalue weighted by Crippen LogP contribution is -2.20. The zero-order valence-corrected chi connectivity index (χ0v) is 17.0. The smallest absolute Gasteiger partial charge is 0.322 e. The van der Waals surface area contributed by atoms with Gasteiger partial charge in [-0.25, -0.2) is 18.5 Å². The molecule has 1 heterocycles. The molecule has 0 unspecified atom stereocenters. The molecule has 0 aliphatic heterocycles. The first-order valence-corrected chi connectivity index (χ1v) is 10.5. The number of aromatic nitrogens is 1. The van der Waals surface area contributed by atoms with Crippen molar-refractivity contribution >= 4 is 27.3 Å². The van der Waals surface area contributed by atoms with Gasteiger partial charge in [-0.1, -0.05) is 23.7 Å². The summed E-state index contributed by atoms with van der Waals surface area (Å²) >= 11 is 5.94. The van der Waals surface area contributed by atoms with Crippen molar-refractivity contribution in [3.63, 3.8) is 0 Å². The summed E-state index contributed by atoms with van der Waals surface area (Å²) in [6.45, 7) is 0. The zero-order valence-electron chi connectivity index (χ0n) is 15.4. The molecule has 1 N–H and O–H groups in total. The van der Waals surface area contributed by atoms with Gasteiger partial charge in [-0.3, -0.25) is 10.0 Å². The van der Waals surface area contributed by atoms with Gasteiger partial charge >= 0.3 is 5.91 Å². The number of carbonyl (C=O) groups excluding carboxylic acids is 1. The number of sulfone groups is 1. The van der Waals surface area contributed by atoms with Gasteiger partial charge < -0.3 is 4.42 Å². The summed E-state index contributed by atoms with van der Waals surface area (Å²) in [5.74, 6) is 4.20. The second-order valence-electron chi connectivity index (χ2n) is 6.08. The van der Waals surface area contributed by atoms with E-state index in [1.807, 2.05) is 0 Å². The van der Waals surface area contributed by atoms with E-state index in [4.69, 9.17) is 21.2 Å². The minimum Gasteiger partial charge on any atom is -0.429 e. The van der Waals surface area contributed by atoms with E-state index < -0.39 is 15.7 Å². The Balaban J connectivity index is 2.11. The number of halogens is 1. The van der Waals surface area contributed by atoms with Crippen molar-refractivity contribution in [3.05, 3.63) is 59.4 Å². The third-order valence-electron chi connectivity index (χ3n) is 3.86. The molecule has 0 bridgehead atoms. The molecule has 0 spiro atoms. The highest BCUT2D eigenvalue weighted by molar-refractivity contribution is 7.90. The molecule has 0 saturated heterocycles. The highest BCUT2D eigenvalue weighted by Crippen LogP contribution is 2.33. The Labute approximate surface area is 172 Å². The van der Waals surface area contributed by atoms with E-state index in [1.165, 1.54) is 12.1 Å². The summed E-state index contributed by atoms with van der Waals surface area (Å²) in [7, 11) is -2.18. The van der Waals surface area contributed by atoms with Crippen LogP contribution in [-0.2, 0) is 14.6 Å². The minimum absolute atomic E-state index is 0.0349. The Kier molecular flexibility index (Phi) is 5.75. The van der Waals surface area contributed by atoms with Crippen molar-refractivity contribution in [2.75, 3.05) is 13.3 Å². The Morgan fingerprint density at radius 2 is 1.69 bits per heavy atom. The molecule has 0 saturated carbocycles. The van der Waals surface area contributed by atoms with Gasteiger partial charge in [-0.2, -0.15) is 0 Å². The van der Waals surface area contributed by atoms with E-state index in [1.54, 1.807) is 36.4 Å². The van der Waals surface area contributed by atoms with Gasteiger partial charge in [0.05, 0.1) is 4.90 Å². The molecule has 3 rings (SSSR count). The Morgan fingerprint density at radius 1 is 1.10 bits per heavy atom. The van der Waals surface area contributed by atoms with Crippen molar-refractivity contribution in [1.82, 2.24) is 10.0 Å². The van der Waals surface area contributed by atoms with Crippen LogP contribution in [0.2, 0.25) is 5.02 Å². The molecule has 29 heavy (non-hydrogen) atoms. The van der Waals surface area contributed by atoms with Gasteiger partial charge in [-0.15, -0.1) is 0 Å². The van der Waals surface area contributed by atoms with E-state index in [0.29, 0.717) is 32.7 Å². The van der Waals surface area contributed by atoms with E-state index >= 15 is 0 Å². The van der Waals surface area contributed by atoms with Crippen LogP contribution < -0.4 is 0 Å². The van der Waals surface area contributed by atoms with E-state index in [0.717, 1.165) is 13.3 Å². The largest absolute Gasteiger partial charge is 0.429 e. The van der Waals surface area contributed by atoms with Gasteiger partial charge in [0, 0.05) is 41.3 Å². The lowest BCUT2D eigenvalue weighted by molar-refractivity contribution is -0.152. The second-order valence-corrected chi connectivity index (χ2v) is 8.53. The predicted octanol–water partition coefficient (Wildman–Crippen LogP) is 3.26. The second kappa shape index (κ2) is 8.09. The van der Waals surface area contributed by atoms with Crippen molar-refractivity contribution < 1.29 is 22.8 Å². The quantitative estimate of drug-likeness (QED) is 0.389. The van der Waals surface area contributed by atoms with Crippen LogP contribution in [0.3, 0.4) is 0 Å². The summed E-state index contributed by atoms with van der Waals surface area (Å²) in [6.07, 6.45) is 1.13. The van der Waals surface area contributed by atoms with Crippen LogP contribution >= 0.6 is 11.6 Å². The molecule has 2 aromatic carbocycles. The summed E-state index contributed by atoms with van der Waals surface area (Å²) in [6, 6.07) is 13.0. The molecule has 1 amide bonds. The Hall–Kier alpha value is -3.12. The molecule has 148 valence electrons. The van der Waals surface area contributed by atoms with Crippen LogP contribution in [0.5, 0.6) is 0 Å². The van der Waals surface area contributed by atoms with Crippen LogP contribution in [0.4, 0.5) is 0 Å².